The molecule has 1 aliphatic heterocycles. The quantitative estimate of drug-likeness (QED) is 0.891. The second-order valence-electron chi connectivity index (χ2n) is 5.65. The minimum absolute atomic E-state index is 0.0920. The van der Waals surface area contributed by atoms with Gasteiger partial charge >= 0.3 is 0 Å². The van der Waals surface area contributed by atoms with Crippen LogP contribution in [0.3, 0.4) is 0 Å². The van der Waals surface area contributed by atoms with Crippen LogP contribution in [0.5, 0.6) is 5.75 Å². The Morgan fingerprint density at radius 2 is 2.04 bits per heavy atom. The van der Waals surface area contributed by atoms with E-state index >= 15 is 0 Å². The van der Waals surface area contributed by atoms with E-state index in [2.05, 4.69) is 5.32 Å². The van der Waals surface area contributed by atoms with Gasteiger partial charge in [0.15, 0.2) is 0 Å². The van der Waals surface area contributed by atoms with Crippen molar-refractivity contribution in [1.82, 2.24) is 5.32 Å². The fraction of sp³-hybridized carbons (Fsp3) is 0.316. The number of amides is 1. The van der Waals surface area contributed by atoms with Gasteiger partial charge in [0.1, 0.15) is 12.4 Å². The molecule has 0 bridgehead atoms. The molecule has 0 saturated carbocycles. The number of benzene rings is 2. The van der Waals surface area contributed by atoms with E-state index in [1.165, 1.54) is 0 Å². The largest absolute Gasteiger partial charge is 0.489 e. The van der Waals surface area contributed by atoms with E-state index in [4.69, 9.17) is 9.47 Å². The van der Waals surface area contributed by atoms with Crippen molar-refractivity contribution in [1.29, 1.82) is 0 Å². The van der Waals surface area contributed by atoms with Gasteiger partial charge in [-0.3, -0.25) is 4.79 Å². The van der Waals surface area contributed by atoms with Gasteiger partial charge in [-0.1, -0.05) is 36.4 Å². The number of hydrogen-bond acceptors (Lipinski definition) is 3. The minimum Gasteiger partial charge on any atom is -0.489 e. The molecule has 3 rings (SSSR count). The summed E-state index contributed by atoms with van der Waals surface area (Å²) in [5.74, 6) is 0.601. The summed E-state index contributed by atoms with van der Waals surface area (Å²) in [5.41, 5.74) is 1.70. The van der Waals surface area contributed by atoms with Crippen molar-refractivity contribution in [2.45, 2.75) is 25.6 Å². The SMILES string of the molecule is O=C(NC[C@H]1CCCO1)c1cccc(OCc2ccccc2)c1. The molecule has 2 aromatic rings. The molecule has 1 aliphatic rings. The molecule has 120 valence electrons. The smallest absolute Gasteiger partial charge is 0.251 e. The van der Waals surface area contributed by atoms with Crippen LogP contribution in [0.4, 0.5) is 0 Å². The first-order valence-corrected chi connectivity index (χ1v) is 7.98. The Balaban J connectivity index is 1.54. The summed E-state index contributed by atoms with van der Waals surface area (Å²) >= 11 is 0. The number of ether oxygens (including phenoxy) is 2. The van der Waals surface area contributed by atoms with Crippen LogP contribution in [0.2, 0.25) is 0 Å². The van der Waals surface area contributed by atoms with Gasteiger partial charge in [-0.2, -0.15) is 0 Å². The number of carbonyl (C=O) groups is 1. The Morgan fingerprint density at radius 3 is 2.83 bits per heavy atom. The standard InChI is InChI=1S/C19H21NO3/c21-19(20-13-18-10-5-11-22-18)16-8-4-9-17(12-16)23-14-15-6-2-1-3-7-15/h1-4,6-9,12,18H,5,10-11,13-14H2,(H,20,21)/t18-/m1/s1. The van der Waals surface area contributed by atoms with Crippen molar-refractivity contribution < 1.29 is 14.3 Å². The molecule has 1 N–H and O–H groups in total. The summed E-state index contributed by atoms with van der Waals surface area (Å²) in [6.45, 7) is 1.85. The first kappa shape index (κ1) is 15.6. The molecule has 4 nitrogen and oxygen atoms in total. The van der Waals surface area contributed by atoms with Crippen LogP contribution in [0, 0.1) is 0 Å². The molecule has 0 aromatic heterocycles. The highest BCUT2D eigenvalue weighted by Crippen LogP contribution is 2.16. The normalized spacial score (nSPS) is 17.0. The average Bonchev–Trinajstić information content (AvgIpc) is 3.12. The van der Waals surface area contributed by atoms with E-state index in [0.717, 1.165) is 25.0 Å². The molecule has 1 heterocycles. The van der Waals surface area contributed by atoms with Gasteiger partial charge < -0.3 is 14.8 Å². The van der Waals surface area contributed by atoms with Gasteiger partial charge in [-0.05, 0) is 36.6 Å². The van der Waals surface area contributed by atoms with Crippen LogP contribution in [-0.2, 0) is 11.3 Å². The first-order valence-electron chi connectivity index (χ1n) is 7.98. The third-order valence-corrected chi connectivity index (χ3v) is 3.86. The van der Waals surface area contributed by atoms with Crippen molar-refractivity contribution in [3.05, 3.63) is 65.7 Å². The average molecular weight is 311 g/mol. The van der Waals surface area contributed by atoms with E-state index in [1.807, 2.05) is 42.5 Å². The van der Waals surface area contributed by atoms with Crippen molar-refractivity contribution in [3.8, 4) is 5.75 Å². The summed E-state index contributed by atoms with van der Waals surface area (Å²) in [6, 6.07) is 17.2. The van der Waals surface area contributed by atoms with Gasteiger partial charge in [-0.15, -0.1) is 0 Å². The molecule has 0 aliphatic carbocycles. The van der Waals surface area contributed by atoms with Crippen LogP contribution in [0.25, 0.3) is 0 Å². The van der Waals surface area contributed by atoms with Crippen LogP contribution >= 0.6 is 0 Å². The molecule has 1 atom stereocenters. The molecular weight excluding hydrogens is 290 g/mol. The zero-order chi connectivity index (χ0) is 15.9. The van der Waals surface area contributed by atoms with Gasteiger partial charge in [0, 0.05) is 18.7 Å². The van der Waals surface area contributed by atoms with Crippen LogP contribution in [0.1, 0.15) is 28.8 Å². The van der Waals surface area contributed by atoms with Gasteiger partial charge in [0.2, 0.25) is 0 Å². The lowest BCUT2D eigenvalue weighted by Crippen LogP contribution is -2.31. The Morgan fingerprint density at radius 1 is 1.17 bits per heavy atom. The lowest BCUT2D eigenvalue weighted by atomic mass is 10.2. The van der Waals surface area contributed by atoms with E-state index in [9.17, 15) is 4.79 Å². The van der Waals surface area contributed by atoms with Crippen molar-refractivity contribution in [3.63, 3.8) is 0 Å². The molecule has 2 aromatic carbocycles. The highest BCUT2D eigenvalue weighted by molar-refractivity contribution is 5.94. The molecule has 1 fully saturated rings. The maximum Gasteiger partial charge on any atom is 0.251 e. The Bertz CT molecular complexity index is 636. The predicted octanol–water partition coefficient (Wildman–Crippen LogP) is 3.17. The molecule has 0 spiro atoms. The molecule has 1 saturated heterocycles. The van der Waals surface area contributed by atoms with E-state index in [1.54, 1.807) is 12.1 Å². The maximum absolute atomic E-state index is 12.2. The minimum atomic E-state index is -0.0920. The summed E-state index contributed by atoms with van der Waals surface area (Å²) < 4.78 is 11.3. The fourth-order valence-electron chi connectivity index (χ4n) is 2.58. The highest BCUT2D eigenvalue weighted by atomic mass is 16.5. The summed E-state index contributed by atoms with van der Waals surface area (Å²) in [6.07, 6.45) is 2.24. The van der Waals surface area contributed by atoms with Crippen molar-refractivity contribution in [2.75, 3.05) is 13.2 Å². The zero-order valence-corrected chi connectivity index (χ0v) is 13.0. The van der Waals surface area contributed by atoms with E-state index in [-0.39, 0.29) is 12.0 Å². The predicted molar refractivity (Wildman–Crippen MR) is 88.5 cm³/mol. The van der Waals surface area contributed by atoms with Crippen LogP contribution in [-0.4, -0.2) is 25.2 Å². The topological polar surface area (TPSA) is 47.6 Å². The van der Waals surface area contributed by atoms with E-state index in [0.29, 0.717) is 24.5 Å². The van der Waals surface area contributed by atoms with Gasteiger partial charge in [-0.25, -0.2) is 0 Å². The van der Waals surface area contributed by atoms with Crippen LogP contribution in [0.15, 0.2) is 54.6 Å². The molecule has 0 unspecified atom stereocenters. The lowest BCUT2D eigenvalue weighted by molar-refractivity contribution is 0.0857. The molecule has 23 heavy (non-hydrogen) atoms. The number of hydrogen-bond donors (Lipinski definition) is 1. The maximum atomic E-state index is 12.2. The van der Waals surface area contributed by atoms with Crippen LogP contribution < -0.4 is 10.1 Å². The van der Waals surface area contributed by atoms with Gasteiger partial charge in [0.05, 0.1) is 6.10 Å². The van der Waals surface area contributed by atoms with E-state index < -0.39 is 0 Å². The molecule has 0 radical (unpaired) electrons. The highest BCUT2D eigenvalue weighted by Gasteiger charge is 2.16. The second kappa shape index (κ2) is 7.79. The molecule has 4 heteroatoms. The fourth-order valence-corrected chi connectivity index (χ4v) is 2.58. The molecular formula is C19H21NO3. The third-order valence-electron chi connectivity index (χ3n) is 3.86. The molecule has 1 amide bonds. The summed E-state index contributed by atoms with van der Waals surface area (Å²) in [7, 11) is 0. The lowest BCUT2D eigenvalue weighted by Gasteiger charge is -2.12. The number of rotatable bonds is 6. The third kappa shape index (κ3) is 4.57. The Kier molecular flexibility index (Phi) is 5.27. The number of carbonyl (C=O) groups excluding carboxylic acids is 1. The number of nitrogens with one attached hydrogen (secondary N) is 1. The van der Waals surface area contributed by atoms with Crippen molar-refractivity contribution >= 4 is 5.91 Å². The van der Waals surface area contributed by atoms with Gasteiger partial charge in [0.25, 0.3) is 5.91 Å². The monoisotopic (exact) mass is 311 g/mol. The summed E-state index contributed by atoms with van der Waals surface area (Å²) in [5, 5.41) is 2.92. The summed E-state index contributed by atoms with van der Waals surface area (Å²) in [4.78, 5) is 12.2. The Hall–Kier alpha value is -2.33. The Labute approximate surface area is 136 Å². The van der Waals surface area contributed by atoms with Crippen molar-refractivity contribution in [2.24, 2.45) is 0 Å². The first-order chi connectivity index (χ1) is 11.3. The second-order valence-corrected chi connectivity index (χ2v) is 5.65. The zero-order valence-electron chi connectivity index (χ0n) is 13.0.